The Labute approximate surface area is 165 Å². The zero-order chi connectivity index (χ0) is 19.1. The van der Waals surface area contributed by atoms with Gasteiger partial charge in [0.2, 0.25) is 10.0 Å². The lowest BCUT2D eigenvalue weighted by atomic mass is 10.4. The van der Waals surface area contributed by atoms with Crippen LogP contribution in [0.15, 0.2) is 70.3 Å². The zero-order valence-electron chi connectivity index (χ0n) is 14.1. The summed E-state index contributed by atoms with van der Waals surface area (Å²) in [7, 11) is -3.54. The van der Waals surface area contributed by atoms with Gasteiger partial charge in [0.1, 0.15) is 5.82 Å². The maximum Gasteiger partial charge on any atom is 0.240 e. The topological polar surface area (TPSA) is 109 Å². The van der Waals surface area contributed by atoms with Crippen LogP contribution in [0.2, 0.25) is 0 Å². The molecule has 0 amide bonds. The molecular formula is C17H17BrN6O2S. The molecule has 0 saturated heterocycles. The Morgan fingerprint density at radius 1 is 0.926 bits per heavy atom. The lowest BCUT2D eigenvalue weighted by Crippen LogP contribution is -2.29. The van der Waals surface area contributed by atoms with E-state index in [4.69, 9.17) is 0 Å². The van der Waals surface area contributed by atoms with Crippen LogP contribution in [-0.2, 0) is 10.0 Å². The first-order valence-corrected chi connectivity index (χ1v) is 10.3. The monoisotopic (exact) mass is 448 g/mol. The molecule has 0 aliphatic carbocycles. The molecule has 0 atom stereocenters. The van der Waals surface area contributed by atoms with E-state index in [0.29, 0.717) is 18.2 Å². The van der Waals surface area contributed by atoms with Crippen molar-refractivity contribution < 1.29 is 8.42 Å². The average molecular weight is 449 g/mol. The molecule has 0 fully saturated rings. The van der Waals surface area contributed by atoms with E-state index in [1.54, 1.807) is 48.8 Å². The van der Waals surface area contributed by atoms with Gasteiger partial charge in [0.25, 0.3) is 0 Å². The van der Waals surface area contributed by atoms with Crippen LogP contribution in [0.25, 0.3) is 0 Å². The smallest absolute Gasteiger partial charge is 0.240 e. The minimum atomic E-state index is -3.54. The highest BCUT2D eigenvalue weighted by Crippen LogP contribution is 2.15. The van der Waals surface area contributed by atoms with Crippen molar-refractivity contribution in [3.63, 3.8) is 0 Å². The Hall–Kier alpha value is -2.56. The van der Waals surface area contributed by atoms with Gasteiger partial charge in [0, 0.05) is 23.8 Å². The molecule has 3 rings (SSSR count). The van der Waals surface area contributed by atoms with E-state index < -0.39 is 10.0 Å². The van der Waals surface area contributed by atoms with Crippen molar-refractivity contribution >= 4 is 43.3 Å². The van der Waals surface area contributed by atoms with Gasteiger partial charge in [-0.3, -0.25) is 4.98 Å². The number of hydrogen-bond donors (Lipinski definition) is 3. The summed E-state index contributed by atoms with van der Waals surface area (Å²) in [5, 5.41) is 14.2. The van der Waals surface area contributed by atoms with Crippen molar-refractivity contribution in [1.29, 1.82) is 0 Å². The Morgan fingerprint density at radius 3 is 2.33 bits per heavy atom. The number of pyridine rings is 1. The molecule has 0 saturated carbocycles. The van der Waals surface area contributed by atoms with E-state index in [0.717, 1.165) is 10.2 Å². The number of benzene rings is 1. The summed E-state index contributed by atoms with van der Waals surface area (Å²) in [5.74, 6) is 1.14. The number of aromatic nitrogens is 3. The van der Waals surface area contributed by atoms with Gasteiger partial charge in [-0.2, -0.15) is 0 Å². The van der Waals surface area contributed by atoms with Gasteiger partial charge in [-0.15, -0.1) is 10.2 Å². The van der Waals surface area contributed by atoms with E-state index in [9.17, 15) is 8.42 Å². The van der Waals surface area contributed by atoms with Crippen LogP contribution in [0.1, 0.15) is 0 Å². The zero-order valence-corrected chi connectivity index (χ0v) is 16.5. The summed E-state index contributed by atoms with van der Waals surface area (Å²) in [6.07, 6.45) is 3.38. The van der Waals surface area contributed by atoms with Gasteiger partial charge >= 0.3 is 0 Å². The van der Waals surface area contributed by atoms with Gasteiger partial charge in [-0.05, 0) is 48.5 Å². The van der Waals surface area contributed by atoms with E-state index in [2.05, 4.69) is 46.5 Å². The van der Waals surface area contributed by atoms with Crippen LogP contribution in [0, 0.1) is 0 Å². The lowest BCUT2D eigenvalue weighted by Gasteiger charge is -2.09. The number of hydrogen-bond acceptors (Lipinski definition) is 7. The summed E-state index contributed by atoms with van der Waals surface area (Å²) in [6.45, 7) is 0.593. The normalized spacial score (nSPS) is 11.1. The second-order valence-corrected chi connectivity index (χ2v) is 8.13. The first-order chi connectivity index (χ1) is 13.0. The van der Waals surface area contributed by atoms with Crippen molar-refractivity contribution in [2.75, 3.05) is 23.7 Å². The number of sulfonamides is 1. The van der Waals surface area contributed by atoms with Crippen LogP contribution in [0.5, 0.6) is 0 Å². The summed E-state index contributed by atoms with van der Waals surface area (Å²) >= 11 is 3.28. The van der Waals surface area contributed by atoms with Crippen LogP contribution in [0.4, 0.5) is 17.3 Å². The minimum Gasteiger partial charge on any atom is -0.367 e. The molecule has 0 aliphatic heterocycles. The molecule has 3 aromatic rings. The van der Waals surface area contributed by atoms with Gasteiger partial charge in [0.15, 0.2) is 5.82 Å². The molecule has 10 heteroatoms. The number of anilines is 3. The van der Waals surface area contributed by atoms with E-state index in [1.165, 1.54) is 0 Å². The molecule has 2 aromatic heterocycles. The third kappa shape index (κ3) is 5.71. The molecule has 27 heavy (non-hydrogen) atoms. The summed E-state index contributed by atoms with van der Waals surface area (Å²) in [5.41, 5.74) is 0.815. The summed E-state index contributed by atoms with van der Waals surface area (Å²) < 4.78 is 27.7. The third-order valence-corrected chi connectivity index (χ3v) is 5.45. The molecule has 3 N–H and O–H groups in total. The predicted molar refractivity (Wildman–Crippen MR) is 107 cm³/mol. The van der Waals surface area contributed by atoms with Crippen molar-refractivity contribution in [2.45, 2.75) is 4.90 Å². The number of nitrogens with zero attached hydrogens (tertiary/aromatic N) is 3. The van der Waals surface area contributed by atoms with Crippen molar-refractivity contribution in [1.82, 2.24) is 19.9 Å². The highest BCUT2D eigenvalue weighted by atomic mass is 79.9. The molecular weight excluding hydrogens is 432 g/mol. The second kappa shape index (κ2) is 8.89. The molecule has 0 spiro atoms. The Bertz CT molecular complexity index is 967. The fourth-order valence-corrected chi connectivity index (χ4v) is 3.45. The Kier molecular flexibility index (Phi) is 6.32. The van der Waals surface area contributed by atoms with Crippen LogP contribution in [-0.4, -0.2) is 36.7 Å². The number of rotatable bonds is 8. The van der Waals surface area contributed by atoms with Gasteiger partial charge < -0.3 is 10.6 Å². The van der Waals surface area contributed by atoms with Crippen molar-refractivity contribution in [2.24, 2.45) is 0 Å². The van der Waals surface area contributed by atoms with E-state index in [1.807, 2.05) is 12.1 Å². The highest BCUT2D eigenvalue weighted by molar-refractivity contribution is 9.10. The molecule has 2 heterocycles. The van der Waals surface area contributed by atoms with Crippen LogP contribution in [0.3, 0.4) is 0 Å². The number of halogens is 1. The quantitative estimate of drug-likeness (QED) is 0.454. The average Bonchev–Trinajstić information content (AvgIpc) is 2.68. The lowest BCUT2D eigenvalue weighted by molar-refractivity contribution is 0.583. The largest absolute Gasteiger partial charge is 0.367 e. The first kappa shape index (κ1) is 19.2. The van der Waals surface area contributed by atoms with Crippen LogP contribution < -0.4 is 15.4 Å². The molecule has 0 aliphatic rings. The fourth-order valence-electron chi connectivity index (χ4n) is 2.15. The standard InChI is InChI=1S/C17H17BrN6O2S/c18-13-3-5-15(6-4-13)27(25,26)21-11-10-20-16-7-8-17(24-23-16)22-14-2-1-9-19-12-14/h1-9,12,21H,10-11H2,(H,20,23)(H,22,24). The molecule has 0 unspecified atom stereocenters. The van der Waals surface area contributed by atoms with E-state index >= 15 is 0 Å². The Balaban J connectivity index is 1.47. The molecule has 140 valence electrons. The molecule has 8 nitrogen and oxygen atoms in total. The van der Waals surface area contributed by atoms with Crippen molar-refractivity contribution in [3.05, 3.63) is 65.4 Å². The number of nitrogens with one attached hydrogen (secondary N) is 3. The Morgan fingerprint density at radius 2 is 1.67 bits per heavy atom. The maximum absolute atomic E-state index is 12.2. The minimum absolute atomic E-state index is 0.218. The SMILES string of the molecule is O=S(=O)(NCCNc1ccc(Nc2cccnc2)nn1)c1ccc(Br)cc1. The summed E-state index contributed by atoms with van der Waals surface area (Å²) in [6, 6.07) is 13.7. The fraction of sp³-hybridized carbons (Fsp3) is 0.118. The second-order valence-electron chi connectivity index (χ2n) is 5.45. The highest BCUT2D eigenvalue weighted by Gasteiger charge is 2.12. The first-order valence-electron chi connectivity index (χ1n) is 8.03. The summed E-state index contributed by atoms with van der Waals surface area (Å²) in [4.78, 5) is 4.23. The molecule has 0 bridgehead atoms. The van der Waals surface area contributed by atoms with Gasteiger partial charge in [-0.1, -0.05) is 15.9 Å². The molecule has 1 aromatic carbocycles. The molecule has 0 radical (unpaired) electrons. The van der Waals surface area contributed by atoms with Gasteiger partial charge in [0.05, 0.1) is 16.8 Å². The van der Waals surface area contributed by atoms with E-state index in [-0.39, 0.29) is 11.4 Å². The van der Waals surface area contributed by atoms with Crippen LogP contribution >= 0.6 is 15.9 Å². The third-order valence-electron chi connectivity index (χ3n) is 3.45. The maximum atomic E-state index is 12.2. The van der Waals surface area contributed by atoms with Gasteiger partial charge in [-0.25, -0.2) is 13.1 Å². The predicted octanol–water partition coefficient (Wildman–Crippen LogP) is 2.77. The van der Waals surface area contributed by atoms with Crippen molar-refractivity contribution in [3.8, 4) is 0 Å².